The first-order chi connectivity index (χ1) is 14.1. The summed E-state index contributed by atoms with van der Waals surface area (Å²) >= 11 is 6.07. The van der Waals surface area contributed by atoms with Crippen LogP contribution in [0, 0.1) is 0 Å². The molecule has 6 nitrogen and oxygen atoms in total. The van der Waals surface area contributed by atoms with E-state index in [1.807, 2.05) is 30.3 Å². The molecule has 1 aliphatic rings. The van der Waals surface area contributed by atoms with Gasteiger partial charge in [0, 0.05) is 37.0 Å². The highest BCUT2D eigenvalue weighted by molar-refractivity contribution is 6.48. The molecule has 0 saturated carbocycles. The number of halogens is 1. The number of methoxy groups -OCH3 is 1. The second-order valence-corrected chi connectivity index (χ2v) is 6.99. The van der Waals surface area contributed by atoms with E-state index in [4.69, 9.17) is 25.8 Å². The lowest BCUT2D eigenvalue weighted by Crippen LogP contribution is -2.38. The third kappa shape index (κ3) is 5.73. The smallest absolute Gasteiger partial charge is 0.163 e. The Balaban J connectivity index is 1.70. The van der Waals surface area contributed by atoms with Crippen molar-refractivity contribution in [2.75, 3.05) is 51.9 Å². The minimum absolute atomic E-state index is 0.366. The maximum Gasteiger partial charge on any atom is 0.163 e. The summed E-state index contributed by atoms with van der Waals surface area (Å²) in [5, 5.41) is 3.64. The van der Waals surface area contributed by atoms with E-state index < -0.39 is 0 Å². The van der Waals surface area contributed by atoms with E-state index in [2.05, 4.69) is 28.4 Å². The normalized spacial score (nSPS) is 14.3. The van der Waals surface area contributed by atoms with Crippen LogP contribution in [0.3, 0.4) is 0 Å². The molecule has 1 fully saturated rings. The molecule has 0 aliphatic carbocycles. The Kier molecular flexibility index (Phi) is 7.52. The number of hydrogen-bond acceptors (Lipinski definition) is 6. The van der Waals surface area contributed by atoms with Gasteiger partial charge in [-0.05, 0) is 24.3 Å². The second-order valence-electron chi connectivity index (χ2n) is 6.54. The van der Waals surface area contributed by atoms with Crippen LogP contribution < -0.4 is 14.8 Å². The van der Waals surface area contributed by atoms with Crippen molar-refractivity contribution < 1.29 is 14.2 Å². The zero-order valence-corrected chi connectivity index (χ0v) is 17.4. The number of anilines is 2. The number of hydrogen-bond donors (Lipinski definition) is 1. The summed E-state index contributed by atoms with van der Waals surface area (Å²) in [6.45, 7) is 12.4. The number of nitrogens with one attached hydrogen (secondary N) is 1. The number of aromatic nitrogens is 1. The van der Waals surface area contributed by atoms with Crippen molar-refractivity contribution in [2.24, 2.45) is 0 Å². The Hall–Kier alpha value is -2.54. The van der Waals surface area contributed by atoms with Gasteiger partial charge >= 0.3 is 0 Å². The van der Waals surface area contributed by atoms with Gasteiger partial charge in [0.25, 0.3) is 0 Å². The molecular formula is C22H26ClN3O3. The predicted octanol–water partition coefficient (Wildman–Crippen LogP) is 4.40. The molecule has 154 valence electrons. The van der Waals surface area contributed by atoms with Crippen LogP contribution in [0.4, 0.5) is 11.5 Å². The van der Waals surface area contributed by atoms with Gasteiger partial charge < -0.3 is 19.5 Å². The quantitative estimate of drug-likeness (QED) is 0.655. The lowest BCUT2D eigenvalue weighted by atomic mass is 10.2. The van der Waals surface area contributed by atoms with Crippen LogP contribution >= 0.6 is 11.6 Å². The van der Waals surface area contributed by atoms with Crippen molar-refractivity contribution in [3.8, 4) is 11.5 Å². The van der Waals surface area contributed by atoms with Gasteiger partial charge in [-0.25, -0.2) is 4.98 Å². The van der Waals surface area contributed by atoms with Crippen molar-refractivity contribution in [1.29, 1.82) is 0 Å². The third-order valence-corrected chi connectivity index (χ3v) is 4.79. The molecule has 2 aromatic rings. The van der Waals surface area contributed by atoms with E-state index >= 15 is 0 Å². The van der Waals surface area contributed by atoms with Crippen molar-refractivity contribution in [3.63, 3.8) is 0 Å². The van der Waals surface area contributed by atoms with E-state index in [0.29, 0.717) is 34.6 Å². The molecular weight excluding hydrogens is 390 g/mol. The summed E-state index contributed by atoms with van der Waals surface area (Å²) in [5.41, 5.74) is 2.26. The average Bonchev–Trinajstić information content (AvgIpc) is 2.74. The summed E-state index contributed by atoms with van der Waals surface area (Å²) in [6, 6.07) is 9.44. The predicted molar refractivity (Wildman–Crippen MR) is 118 cm³/mol. The third-order valence-electron chi connectivity index (χ3n) is 4.61. The summed E-state index contributed by atoms with van der Waals surface area (Å²) in [4.78, 5) is 6.85. The highest BCUT2D eigenvalue weighted by Crippen LogP contribution is 2.32. The van der Waals surface area contributed by atoms with Gasteiger partial charge in [0.1, 0.15) is 12.4 Å². The van der Waals surface area contributed by atoms with Gasteiger partial charge in [0.15, 0.2) is 11.5 Å². The number of nitrogens with zero attached hydrogens (tertiary/aromatic N) is 2. The fourth-order valence-corrected chi connectivity index (χ4v) is 3.20. The fourth-order valence-electron chi connectivity index (χ4n) is 3.05. The molecule has 0 unspecified atom stereocenters. The standard InChI is InChI=1S/C22H26ClN3O3/c1-4-17-5-8-21(25-22(17)16(2)23)24-18-6-7-19(27-3)20(15-18)29-14-11-26-9-12-28-13-10-26/h4-8,15H,1-2,9-14H2,3H3,(H,24,25). The molecule has 1 aliphatic heterocycles. The molecule has 0 radical (unpaired) electrons. The molecule has 29 heavy (non-hydrogen) atoms. The first kappa shape index (κ1) is 21.2. The highest BCUT2D eigenvalue weighted by Gasteiger charge is 2.12. The lowest BCUT2D eigenvalue weighted by molar-refractivity contribution is 0.0321. The maximum absolute atomic E-state index is 6.07. The van der Waals surface area contributed by atoms with Crippen molar-refractivity contribution >= 4 is 34.2 Å². The van der Waals surface area contributed by atoms with Gasteiger partial charge in [0.2, 0.25) is 0 Å². The second kappa shape index (κ2) is 10.3. The van der Waals surface area contributed by atoms with Crippen LogP contribution in [0.5, 0.6) is 11.5 Å². The number of morpholine rings is 1. The molecule has 2 heterocycles. The maximum atomic E-state index is 6.07. The molecule has 1 N–H and O–H groups in total. The van der Waals surface area contributed by atoms with E-state index in [0.717, 1.165) is 44.1 Å². The molecule has 1 aromatic carbocycles. The zero-order valence-electron chi connectivity index (χ0n) is 16.6. The molecule has 3 rings (SSSR count). The molecule has 0 bridgehead atoms. The SMILES string of the molecule is C=Cc1ccc(Nc2ccc(OC)c(OCCN3CCOCC3)c2)nc1C(=C)Cl. The largest absolute Gasteiger partial charge is 0.493 e. The highest BCUT2D eigenvalue weighted by atomic mass is 35.5. The molecule has 1 saturated heterocycles. The molecule has 1 aromatic heterocycles. The van der Waals surface area contributed by atoms with Crippen LogP contribution in [0.2, 0.25) is 0 Å². The summed E-state index contributed by atoms with van der Waals surface area (Å²) in [7, 11) is 1.63. The van der Waals surface area contributed by atoms with Gasteiger partial charge in [-0.3, -0.25) is 4.90 Å². The minimum atomic E-state index is 0.366. The molecule has 0 amide bonds. The van der Waals surface area contributed by atoms with Gasteiger partial charge in [-0.1, -0.05) is 30.8 Å². The molecule has 0 atom stereocenters. The fraction of sp³-hybridized carbons (Fsp3) is 0.318. The first-order valence-corrected chi connectivity index (χ1v) is 9.84. The Morgan fingerprint density at radius 1 is 1.28 bits per heavy atom. The first-order valence-electron chi connectivity index (χ1n) is 9.47. The van der Waals surface area contributed by atoms with Crippen LogP contribution in [-0.4, -0.2) is 56.4 Å². The van der Waals surface area contributed by atoms with E-state index in [1.54, 1.807) is 13.2 Å². The Bertz CT molecular complexity index is 866. The van der Waals surface area contributed by atoms with Gasteiger partial charge in [0.05, 0.1) is 31.0 Å². The van der Waals surface area contributed by atoms with E-state index in [9.17, 15) is 0 Å². The number of ether oxygens (including phenoxy) is 3. The minimum Gasteiger partial charge on any atom is -0.493 e. The Morgan fingerprint density at radius 3 is 2.76 bits per heavy atom. The summed E-state index contributed by atoms with van der Waals surface area (Å²) in [6.07, 6.45) is 1.70. The summed E-state index contributed by atoms with van der Waals surface area (Å²) in [5.74, 6) is 2.01. The zero-order chi connectivity index (χ0) is 20.6. The average molecular weight is 416 g/mol. The Morgan fingerprint density at radius 2 is 2.07 bits per heavy atom. The van der Waals surface area contributed by atoms with Crippen LogP contribution in [0.15, 0.2) is 43.5 Å². The summed E-state index contributed by atoms with van der Waals surface area (Å²) < 4.78 is 16.8. The number of benzene rings is 1. The van der Waals surface area contributed by atoms with Crippen LogP contribution in [-0.2, 0) is 4.74 Å². The monoisotopic (exact) mass is 415 g/mol. The van der Waals surface area contributed by atoms with Crippen LogP contribution in [0.1, 0.15) is 11.3 Å². The lowest BCUT2D eigenvalue weighted by Gasteiger charge is -2.26. The van der Waals surface area contributed by atoms with E-state index in [-0.39, 0.29) is 0 Å². The molecule has 0 spiro atoms. The topological polar surface area (TPSA) is 55.8 Å². The van der Waals surface area contributed by atoms with Crippen LogP contribution in [0.25, 0.3) is 11.1 Å². The van der Waals surface area contributed by atoms with Crippen molar-refractivity contribution in [1.82, 2.24) is 9.88 Å². The van der Waals surface area contributed by atoms with Gasteiger partial charge in [-0.15, -0.1) is 0 Å². The number of pyridine rings is 1. The van der Waals surface area contributed by atoms with E-state index in [1.165, 1.54) is 0 Å². The Labute approximate surface area is 176 Å². The van der Waals surface area contributed by atoms with Crippen molar-refractivity contribution in [3.05, 3.63) is 54.7 Å². The molecule has 7 heteroatoms. The van der Waals surface area contributed by atoms with Gasteiger partial charge in [-0.2, -0.15) is 0 Å². The number of rotatable bonds is 9. The van der Waals surface area contributed by atoms with Crippen molar-refractivity contribution in [2.45, 2.75) is 0 Å².